The summed E-state index contributed by atoms with van der Waals surface area (Å²) in [6, 6.07) is 3.70. The molecular weight excluding hydrogens is 310 g/mol. The van der Waals surface area contributed by atoms with Crippen molar-refractivity contribution in [3.8, 4) is 0 Å². The first-order valence-electron chi connectivity index (χ1n) is 6.56. The van der Waals surface area contributed by atoms with Crippen LogP contribution in [-0.4, -0.2) is 22.7 Å². The van der Waals surface area contributed by atoms with Crippen LogP contribution >= 0.6 is 15.9 Å². The molecule has 4 nitrogen and oxygen atoms in total. The summed E-state index contributed by atoms with van der Waals surface area (Å²) in [5.41, 5.74) is -0.234. The molecule has 0 aromatic carbocycles. The van der Waals surface area contributed by atoms with E-state index in [0.717, 1.165) is 4.47 Å². The SMILES string of the molecule is CCOC(=O)C1CCC(O)(c2ccc(Br)cn2)CC1. The molecule has 0 radical (unpaired) electrons. The molecule has 0 spiro atoms. The molecule has 1 N–H and O–H groups in total. The van der Waals surface area contributed by atoms with Gasteiger partial charge in [0.2, 0.25) is 0 Å². The predicted molar refractivity (Wildman–Crippen MR) is 74.4 cm³/mol. The van der Waals surface area contributed by atoms with Crippen LogP contribution in [0.3, 0.4) is 0 Å². The number of rotatable bonds is 3. The number of pyridine rings is 1. The van der Waals surface area contributed by atoms with Crippen molar-refractivity contribution in [3.05, 3.63) is 28.5 Å². The lowest BCUT2D eigenvalue weighted by molar-refractivity contribution is -0.151. The van der Waals surface area contributed by atoms with Gasteiger partial charge in [-0.2, -0.15) is 0 Å². The molecule has 1 aliphatic rings. The molecule has 1 heterocycles. The van der Waals surface area contributed by atoms with Crippen molar-refractivity contribution < 1.29 is 14.6 Å². The fraction of sp³-hybridized carbons (Fsp3) is 0.571. The van der Waals surface area contributed by atoms with Gasteiger partial charge in [0.25, 0.3) is 0 Å². The van der Waals surface area contributed by atoms with Gasteiger partial charge in [-0.25, -0.2) is 0 Å². The zero-order valence-electron chi connectivity index (χ0n) is 10.9. The summed E-state index contributed by atoms with van der Waals surface area (Å²) in [5, 5.41) is 10.6. The van der Waals surface area contributed by atoms with Crippen LogP contribution in [-0.2, 0) is 15.1 Å². The number of ether oxygens (including phenoxy) is 1. The number of carbonyl (C=O) groups excluding carboxylic acids is 1. The fourth-order valence-electron chi connectivity index (χ4n) is 2.50. The van der Waals surface area contributed by atoms with Gasteiger partial charge in [-0.1, -0.05) is 0 Å². The van der Waals surface area contributed by atoms with Gasteiger partial charge in [-0.05, 0) is 60.7 Å². The number of nitrogens with zero attached hydrogens (tertiary/aromatic N) is 1. The van der Waals surface area contributed by atoms with Crippen LogP contribution in [0.4, 0.5) is 0 Å². The molecule has 1 aromatic rings. The molecule has 0 atom stereocenters. The van der Waals surface area contributed by atoms with Gasteiger partial charge in [0.1, 0.15) is 5.60 Å². The van der Waals surface area contributed by atoms with Gasteiger partial charge in [0.05, 0.1) is 18.2 Å². The second-order valence-corrected chi connectivity index (χ2v) is 5.84. The summed E-state index contributed by atoms with van der Waals surface area (Å²) in [7, 11) is 0. The zero-order chi connectivity index (χ0) is 13.9. The molecule has 1 fully saturated rings. The van der Waals surface area contributed by atoms with E-state index in [-0.39, 0.29) is 11.9 Å². The third-order valence-corrected chi connectivity index (χ3v) is 4.11. The van der Waals surface area contributed by atoms with Crippen LogP contribution in [0.25, 0.3) is 0 Å². The van der Waals surface area contributed by atoms with Crippen molar-refractivity contribution in [1.29, 1.82) is 0 Å². The van der Waals surface area contributed by atoms with Crippen molar-refractivity contribution in [1.82, 2.24) is 4.98 Å². The number of hydrogen-bond donors (Lipinski definition) is 1. The molecule has 0 saturated heterocycles. The van der Waals surface area contributed by atoms with E-state index in [1.807, 2.05) is 19.1 Å². The molecule has 0 unspecified atom stereocenters. The van der Waals surface area contributed by atoms with E-state index in [9.17, 15) is 9.90 Å². The molecule has 1 aromatic heterocycles. The van der Waals surface area contributed by atoms with E-state index in [0.29, 0.717) is 38.0 Å². The van der Waals surface area contributed by atoms with E-state index < -0.39 is 5.60 Å². The standard InChI is InChI=1S/C14H18BrNO3/c1-2-19-13(17)10-5-7-14(18,8-6-10)12-4-3-11(15)9-16-12/h3-4,9-10,18H,2,5-8H2,1H3. The Morgan fingerprint density at radius 1 is 1.53 bits per heavy atom. The van der Waals surface area contributed by atoms with Crippen LogP contribution in [0.15, 0.2) is 22.8 Å². The van der Waals surface area contributed by atoms with Gasteiger partial charge in [0.15, 0.2) is 0 Å². The topological polar surface area (TPSA) is 59.4 Å². The minimum absolute atomic E-state index is 0.0873. The maximum Gasteiger partial charge on any atom is 0.308 e. The Bertz CT molecular complexity index is 439. The average Bonchev–Trinajstić information content (AvgIpc) is 2.40. The summed E-state index contributed by atoms with van der Waals surface area (Å²) < 4.78 is 5.92. The lowest BCUT2D eigenvalue weighted by Crippen LogP contribution is -2.35. The highest BCUT2D eigenvalue weighted by atomic mass is 79.9. The Balaban J connectivity index is 2.01. The summed E-state index contributed by atoms with van der Waals surface area (Å²) in [6.45, 7) is 2.22. The lowest BCUT2D eigenvalue weighted by atomic mass is 9.77. The van der Waals surface area contributed by atoms with Crippen molar-refractivity contribution in [3.63, 3.8) is 0 Å². The van der Waals surface area contributed by atoms with E-state index in [4.69, 9.17) is 4.74 Å². The molecule has 0 amide bonds. The first-order valence-corrected chi connectivity index (χ1v) is 7.35. The number of aliphatic hydroxyl groups is 1. The Morgan fingerprint density at radius 2 is 2.21 bits per heavy atom. The Hall–Kier alpha value is -0.940. The van der Waals surface area contributed by atoms with Gasteiger partial charge in [-0.3, -0.25) is 9.78 Å². The molecule has 1 aliphatic carbocycles. The molecule has 2 rings (SSSR count). The lowest BCUT2D eigenvalue weighted by Gasteiger charge is -2.34. The van der Waals surface area contributed by atoms with E-state index in [1.54, 1.807) is 6.20 Å². The van der Waals surface area contributed by atoms with Crippen molar-refractivity contribution in [2.75, 3.05) is 6.61 Å². The van der Waals surface area contributed by atoms with Crippen LogP contribution in [0.1, 0.15) is 38.3 Å². The predicted octanol–water partition coefficient (Wildman–Crippen LogP) is 2.79. The molecule has 19 heavy (non-hydrogen) atoms. The van der Waals surface area contributed by atoms with Crippen molar-refractivity contribution >= 4 is 21.9 Å². The minimum Gasteiger partial charge on any atom is -0.466 e. The summed E-state index contributed by atoms with van der Waals surface area (Å²) in [6.07, 6.45) is 4.07. The van der Waals surface area contributed by atoms with Gasteiger partial charge in [0, 0.05) is 10.7 Å². The van der Waals surface area contributed by atoms with Crippen molar-refractivity contribution in [2.24, 2.45) is 5.92 Å². The summed E-state index contributed by atoms with van der Waals surface area (Å²) in [5.74, 6) is -0.232. The average molecular weight is 328 g/mol. The molecule has 104 valence electrons. The number of esters is 1. The number of carbonyl (C=O) groups is 1. The van der Waals surface area contributed by atoms with Crippen LogP contribution in [0.5, 0.6) is 0 Å². The van der Waals surface area contributed by atoms with Gasteiger partial charge in [-0.15, -0.1) is 0 Å². The van der Waals surface area contributed by atoms with Crippen LogP contribution < -0.4 is 0 Å². The number of aromatic nitrogens is 1. The van der Waals surface area contributed by atoms with Gasteiger partial charge >= 0.3 is 5.97 Å². The monoisotopic (exact) mass is 327 g/mol. The van der Waals surface area contributed by atoms with Gasteiger partial charge < -0.3 is 9.84 Å². The molecule has 0 aliphatic heterocycles. The number of halogens is 1. The quantitative estimate of drug-likeness (QED) is 0.867. The highest BCUT2D eigenvalue weighted by Crippen LogP contribution is 2.39. The highest BCUT2D eigenvalue weighted by Gasteiger charge is 2.38. The first kappa shape index (κ1) is 14.5. The largest absolute Gasteiger partial charge is 0.466 e. The Kier molecular flexibility index (Phi) is 4.58. The summed E-state index contributed by atoms with van der Waals surface area (Å²) >= 11 is 3.33. The third kappa shape index (κ3) is 3.34. The van der Waals surface area contributed by atoms with E-state index in [1.165, 1.54) is 0 Å². The van der Waals surface area contributed by atoms with Crippen LogP contribution in [0, 0.1) is 5.92 Å². The van der Waals surface area contributed by atoms with E-state index in [2.05, 4.69) is 20.9 Å². The maximum absolute atomic E-state index is 11.7. The second kappa shape index (κ2) is 6.01. The molecule has 0 bridgehead atoms. The Morgan fingerprint density at radius 3 is 2.74 bits per heavy atom. The fourth-order valence-corrected chi connectivity index (χ4v) is 2.73. The molecule has 1 saturated carbocycles. The smallest absolute Gasteiger partial charge is 0.308 e. The zero-order valence-corrected chi connectivity index (χ0v) is 12.5. The summed E-state index contributed by atoms with van der Waals surface area (Å²) in [4.78, 5) is 15.9. The normalized spacial score (nSPS) is 27.0. The number of hydrogen-bond acceptors (Lipinski definition) is 4. The minimum atomic E-state index is -0.913. The second-order valence-electron chi connectivity index (χ2n) is 4.92. The van der Waals surface area contributed by atoms with Crippen LogP contribution in [0.2, 0.25) is 0 Å². The highest BCUT2D eigenvalue weighted by molar-refractivity contribution is 9.10. The van der Waals surface area contributed by atoms with E-state index >= 15 is 0 Å². The van der Waals surface area contributed by atoms with Crippen molar-refractivity contribution in [2.45, 2.75) is 38.2 Å². The Labute approximate surface area is 121 Å². The first-order chi connectivity index (χ1) is 9.05. The maximum atomic E-state index is 11.7. The molecular formula is C14H18BrNO3. The molecule has 5 heteroatoms. The third-order valence-electron chi connectivity index (χ3n) is 3.64.